The molecule has 2 rings (SSSR count). The Hall–Kier alpha value is -3.03. The van der Waals surface area contributed by atoms with Crippen LogP contribution in [0.1, 0.15) is 25.3 Å². The van der Waals surface area contributed by atoms with E-state index in [0.717, 1.165) is 6.42 Å². The number of pyridine rings is 1. The van der Waals surface area contributed by atoms with Crippen molar-refractivity contribution < 1.29 is 19.1 Å². The van der Waals surface area contributed by atoms with Crippen LogP contribution >= 0.6 is 0 Å². The molecule has 0 radical (unpaired) electrons. The predicted octanol–water partition coefficient (Wildman–Crippen LogP) is 1.17. The maximum Gasteiger partial charge on any atom is 0.329 e. The second-order valence-corrected chi connectivity index (χ2v) is 5.85. The summed E-state index contributed by atoms with van der Waals surface area (Å²) in [5, 5.41) is 10.7. The number of carbonyl (C=O) groups excluding carboxylic acids is 3. The van der Waals surface area contributed by atoms with E-state index in [9.17, 15) is 14.4 Å². The molecular formula is C18H22N4O4. The van der Waals surface area contributed by atoms with Crippen LogP contribution in [0.25, 0.3) is 0 Å². The molecule has 1 atom stereocenters. The lowest BCUT2D eigenvalue weighted by atomic mass is 10.1. The number of ketones is 1. The fourth-order valence-electron chi connectivity index (χ4n) is 2.75. The van der Waals surface area contributed by atoms with Gasteiger partial charge < -0.3 is 15.0 Å². The number of Topliss-reactive ketones (excluding diaryl/α,β-unsaturated/α-hetero) is 1. The number of rotatable bonds is 8. The summed E-state index contributed by atoms with van der Waals surface area (Å²) in [5.74, 6) is -0.815. The molecule has 1 aliphatic rings. The van der Waals surface area contributed by atoms with Gasteiger partial charge in [-0.1, -0.05) is 12.7 Å². The van der Waals surface area contributed by atoms with Crippen LogP contribution in [-0.4, -0.2) is 59.0 Å². The first-order chi connectivity index (χ1) is 12.5. The van der Waals surface area contributed by atoms with Crippen LogP contribution in [0.2, 0.25) is 0 Å². The fourth-order valence-corrected chi connectivity index (χ4v) is 2.75. The molecule has 8 heteroatoms. The van der Waals surface area contributed by atoms with Gasteiger partial charge in [0.25, 0.3) is 0 Å². The van der Waals surface area contributed by atoms with E-state index in [1.165, 1.54) is 24.1 Å². The Balaban J connectivity index is 2.02. The lowest BCUT2D eigenvalue weighted by molar-refractivity contribution is -0.151. The van der Waals surface area contributed by atoms with E-state index in [2.05, 4.69) is 16.9 Å². The number of likely N-dealkylation sites (tertiary alicyclic amines) is 1. The highest BCUT2D eigenvalue weighted by Crippen LogP contribution is 2.19. The minimum absolute atomic E-state index is 0.0968. The molecule has 0 bridgehead atoms. The van der Waals surface area contributed by atoms with E-state index >= 15 is 0 Å². The van der Waals surface area contributed by atoms with Gasteiger partial charge in [0.2, 0.25) is 5.91 Å². The van der Waals surface area contributed by atoms with Gasteiger partial charge in [0.05, 0.1) is 6.54 Å². The first kappa shape index (κ1) is 19.3. The summed E-state index contributed by atoms with van der Waals surface area (Å²) in [6.45, 7) is 5.29. The Morgan fingerprint density at radius 1 is 1.50 bits per heavy atom. The number of carbonyl (C=O) groups is 3. The van der Waals surface area contributed by atoms with Gasteiger partial charge in [0, 0.05) is 25.2 Å². The van der Waals surface area contributed by atoms with E-state index in [4.69, 9.17) is 10.1 Å². The minimum atomic E-state index is -0.594. The average Bonchev–Trinajstić information content (AvgIpc) is 3.13. The molecule has 0 aliphatic carbocycles. The molecule has 2 N–H and O–H groups in total. The standard InChI is InChI=1S/C18H22N4O4/c1-3-10-26-18(25)14-7-5-9-22(14)15(24)11-21-17-13(6-4-8-20-17)16(19)12(2)23/h3-4,6,8,14,19H,1,5,7,9-11H2,2H3,(H,20,21). The van der Waals surface area contributed by atoms with Gasteiger partial charge in [-0.3, -0.25) is 15.0 Å². The van der Waals surface area contributed by atoms with Crippen molar-refractivity contribution in [3.05, 3.63) is 36.5 Å². The van der Waals surface area contributed by atoms with Crippen molar-refractivity contribution in [2.75, 3.05) is 25.0 Å². The van der Waals surface area contributed by atoms with Crippen molar-refractivity contribution in [1.82, 2.24) is 9.88 Å². The minimum Gasteiger partial charge on any atom is -0.460 e. The van der Waals surface area contributed by atoms with E-state index in [0.29, 0.717) is 18.5 Å². The lowest BCUT2D eigenvalue weighted by Gasteiger charge is -2.23. The highest BCUT2D eigenvalue weighted by atomic mass is 16.5. The van der Waals surface area contributed by atoms with Crippen LogP contribution in [0.5, 0.6) is 0 Å². The molecule has 0 aromatic carbocycles. The van der Waals surface area contributed by atoms with Crippen molar-refractivity contribution >= 4 is 29.2 Å². The molecule has 1 aliphatic heterocycles. The summed E-state index contributed by atoms with van der Waals surface area (Å²) in [7, 11) is 0. The van der Waals surface area contributed by atoms with Crippen molar-refractivity contribution in [3.63, 3.8) is 0 Å². The zero-order valence-corrected chi connectivity index (χ0v) is 14.7. The van der Waals surface area contributed by atoms with E-state index in [1.807, 2.05) is 0 Å². The first-order valence-electron chi connectivity index (χ1n) is 8.31. The normalized spacial score (nSPS) is 16.0. The Kier molecular flexibility index (Phi) is 6.60. The number of nitrogens with zero attached hydrogens (tertiary/aromatic N) is 2. The van der Waals surface area contributed by atoms with Gasteiger partial charge in [-0.2, -0.15) is 0 Å². The van der Waals surface area contributed by atoms with Crippen LogP contribution in [-0.2, 0) is 19.1 Å². The van der Waals surface area contributed by atoms with E-state index in [1.54, 1.807) is 12.1 Å². The second kappa shape index (κ2) is 8.89. The number of aromatic nitrogens is 1. The zero-order chi connectivity index (χ0) is 19.1. The number of hydrogen-bond donors (Lipinski definition) is 2. The molecule has 1 aromatic rings. The Morgan fingerprint density at radius 2 is 2.27 bits per heavy atom. The summed E-state index contributed by atoms with van der Waals surface area (Å²) in [5.41, 5.74) is 0.149. The molecule has 1 amide bonds. The molecule has 2 heterocycles. The summed E-state index contributed by atoms with van der Waals surface area (Å²) >= 11 is 0. The predicted molar refractivity (Wildman–Crippen MR) is 96.1 cm³/mol. The zero-order valence-electron chi connectivity index (χ0n) is 14.7. The molecule has 0 saturated carbocycles. The number of esters is 1. The summed E-state index contributed by atoms with van der Waals surface area (Å²) in [6.07, 6.45) is 4.27. The summed E-state index contributed by atoms with van der Waals surface area (Å²) in [6, 6.07) is 2.61. The summed E-state index contributed by atoms with van der Waals surface area (Å²) < 4.78 is 5.05. The largest absolute Gasteiger partial charge is 0.460 e. The molecule has 0 spiro atoms. The monoisotopic (exact) mass is 358 g/mol. The van der Waals surface area contributed by atoms with Crippen LogP contribution in [0, 0.1) is 5.41 Å². The van der Waals surface area contributed by atoms with Crippen molar-refractivity contribution in [3.8, 4) is 0 Å². The number of anilines is 1. The lowest BCUT2D eigenvalue weighted by Crippen LogP contribution is -2.44. The Labute approximate surface area is 151 Å². The second-order valence-electron chi connectivity index (χ2n) is 5.85. The third-order valence-corrected chi connectivity index (χ3v) is 4.02. The molecule has 1 saturated heterocycles. The van der Waals surface area contributed by atoms with E-state index in [-0.39, 0.29) is 30.6 Å². The Morgan fingerprint density at radius 3 is 2.96 bits per heavy atom. The van der Waals surface area contributed by atoms with Gasteiger partial charge in [-0.25, -0.2) is 9.78 Å². The number of hydrogen-bond acceptors (Lipinski definition) is 7. The number of ether oxygens (including phenoxy) is 1. The van der Waals surface area contributed by atoms with Crippen LogP contribution in [0.15, 0.2) is 31.0 Å². The number of nitrogens with one attached hydrogen (secondary N) is 2. The molecule has 138 valence electrons. The highest BCUT2D eigenvalue weighted by Gasteiger charge is 2.34. The average molecular weight is 358 g/mol. The van der Waals surface area contributed by atoms with Gasteiger partial charge in [0.1, 0.15) is 24.2 Å². The van der Waals surface area contributed by atoms with Gasteiger partial charge in [-0.05, 0) is 25.0 Å². The molecule has 1 aromatic heterocycles. The third kappa shape index (κ3) is 4.53. The third-order valence-electron chi connectivity index (χ3n) is 4.02. The van der Waals surface area contributed by atoms with Crippen LogP contribution in [0.3, 0.4) is 0 Å². The molecule has 26 heavy (non-hydrogen) atoms. The molecule has 1 fully saturated rings. The Bertz CT molecular complexity index is 732. The topological polar surface area (TPSA) is 112 Å². The smallest absolute Gasteiger partial charge is 0.329 e. The summed E-state index contributed by atoms with van der Waals surface area (Å²) in [4.78, 5) is 41.6. The number of amides is 1. The fraction of sp³-hybridized carbons (Fsp3) is 0.389. The maximum atomic E-state index is 12.5. The van der Waals surface area contributed by atoms with Crippen LogP contribution < -0.4 is 5.32 Å². The van der Waals surface area contributed by atoms with Crippen molar-refractivity contribution in [2.24, 2.45) is 0 Å². The highest BCUT2D eigenvalue weighted by molar-refractivity contribution is 6.45. The maximum absolute atomic E-state index is 12.5. The molecule has 1 unspecified atom stereocenters. The quantitative estimate of drug-likeness (QED) is 0.410. The molecule has 8 nitrogen and oxygen atoms in total. The van der Waals surface area contributed by atoms with Gasteiger partial charge in [-0.15, -0.1) is 0 Å². The molecular weight excluding hydrogens is 336 g/mol. The SMILES string of the molecule is C=CCOC(=O)C1CCCN1C(=O)CNc1ncccc1C(=N)C(C)=O. The van der Waals surface area contributed by atoms with Crippen molar-refractivity contribution in [2.45, 2.75) is 25.8 Å². The van der Waals surface area contributed by atoms with E-state index < -0.39 is 17.8 Å². The van der Waals surface area contributed by atoms with Crippen molar-refractivity contribution in [1.29, 1.82) is 5.41 Å². The van der Waals surface area contributed by atoms with Gasteiger partial charge >= 0.3 is 5.97 Å². The van der Waals surface area contributed by atoms with Gasteiger partial charge in [0.15, 0.2) is 5.78 Å². The van der Waals surface area contributed by atoms with Crippen LogP contribution in [0.4, 0.5) is 5.82 Å². The first-order valence-corrected chi connectivity index (χ1v) is 8.31.